The Labute approximate surface area is 149 Å². The molecule has 0 aliphatic carbocycles. The molecule has 2 nitrogen and oxygen atoms in total. The molecular formula is C19H26N2S2. The average molecular weight is 347 g/mol. The van der Waals surface area contributed by atoms with Gasteiger partial charge in [0.25, 0.3) is 0 Å². The van der Waals surface area contributed by atoms with Crippen LogP contribution in [0.1, 0.15) is 64.0 Å². The lowest BCUT2D eigenvalue weighted by atomic mass is 9.89. The summed E-state index contributed by atoms with van der Waals surface area (Å²) in [5.74, 6) is 0.551. The van der Waals surface area contributed by atoms with Crippen LogP contribution in [-0.2, 0) is 5.41 Å². The zero-order valence-corrected chi connectivity index (χ0v) is 15.7. The molecule has 0 radical (unpaired) electrons. The van der Waals surface area contributed by atoms with Crippen LogP contribution >= 0.6 is 22.7 Å². The summed E-state index contributed by atoms with van der Waals surface area (Å²) in [6.07, 6.45) is 0. The molecule has 2 heterocycles. The third-order valence-corrected chi connectivity index (χ3v) is 5.39. The highest BCUT2D eigenvalue weighted by molar-refractivity contribution is 7.16. The van der Waals surface area contributed by atoms with E-state index in [2.05, 4.69) is 56.6 Å². The third-order valence-electron chi connectivity index (χ3n) is 3.14. The lowest BCUT2D eigenvalue weighted by Crippen LogP contribution is -2.08. The van der Waals surface area contributed by atoms with E-state index in [9.17, 15) is 0 Å². The molecule has 23 heavy (non-hydrogen) atoms. The lowest BCUT2D eigenvalue weighted by Gasteiger charge is -2.15. The van der Waals surface area contributed by atoms with E-state index in [-0.39, 0.29) is 12.8 Å². The van der Waals surface area contributed by atoms with Crippen molar-refractivity contribution >= 4 is 32.7 Å². The fraction of sp³-hybridized carbons (Fsp3) is 0.474. The van der Waals surface area contributed by atoms with E-state index >= 15 is 0 Å². The van der Waals surface area contributed by atoms with Gasteiger partial charge in [-0.3, -0.25) is 0 Å². The zero-order valence-electron chi connectivity index (χ0n) is 14.0. The van der Waals surface area contributed by atoms with Crippen LogP contribution in [0.3, 0.4) is 0 Å². The molecule has 0 aliphatic rings. The summed E-state index contributed by atoms with van der Waals surface area (Å²) < 4.78 is 0. The van der Waals surface area contributed by atoms with Gasteiger partial charge in [-0.05, 0) is 51.8 Å². The van der Waals surface area contributed by atoms with Crippen LogP contribution in [0.4, 0.5) is 10.0 Å². The minimum atomic E-state index is 0. The maximum Gasteiger partial charge on any atom is 0.241 e. The molecule has 0 aromatic carbocycles. The SMILES string of the molecule is C.[C-]#[N+]c1cc(C(C)(C)C)cs1.[C-]#[N+]c1cc(C)c(C(C)C)s1. The summed E-state index contributed by atoms with van der Waals surface area (Å²) in [6, 6.07) is 3.94. The molecule has 0 spiro atoms. The number of nitrogens with zero attached hydrogens (tertiary/aromatic N) is 2. The Hall–Kier alpha value is -1.62. The smallest absolute Gasteiger partial charge is 0.227 e. The Morgan fingerprint density at radius 2 is 1.61 bits per heavy atom. The van der Waals surface area contributed by atoms with Gasteiger partial charge in [0.1, 0.15) is 0 Å². The molecule has 2 rings (SSSR count). The summed E-state index contributed by atoms with van der Waals surface area (Å²) in [6.45, 7) is 26.5. The maximum absolute atomic E-state index is 6.83. The molecule has 124 valence electrons. The molecule has 0 saturated heterocycles. The Bertz CT molecular complexity index is 701. The Morgan fingerprint density at radius 1 is 1.04 bits per heavy atom. The minimum absolute atomic E-state index is 0. The number of hydrogen-bond donors (Lipinski definition) is 0. The van der Waals surface area contributed by atoms with E-state index in [1.54, 1.807) is 11.3 Å². The van der Waals surface area contributed by atoms with Crippen molar-refractivity contribution in [2.24, 2.45) is 0 Å². The van der Waals surface area contributed by atoms with Crippen LogP contribution < -0.4 is 0 Å². The first kappa shape index (κ1) is 21.4. The molecule has 0 unspecified atom stereocenters. The molecule has 0 amide bonds. The van der Waals surface area contributed by atoms with E-state index in [0.29, 0.717) is 5.92 Å². The second kappa shape index (κ2) is 8.87. The molecule has 2 aromatic rings. The van der Waals surface area contributed by atoms with Gasteiger partial charge < -0.3 is 0 Å². The fourth-order valence-electron chi connectivity index (χ4n) is 1.88. The van der Waals surface area contributed by atoms with Crippen LogP contribution in [0.15, 0.2) is 17.5 Å². The van der Waals surface area contributed by atoms with Crippen LogP contribution in [0.25, 0.3) is 9.69 Å². The molecule has 0 atom stereocenters. The lowest BCUT2D eigenvalue weighted by molar-refractivity contribution is 0.593. The molecule has 0 N–H and O–H groups in total. The molecular weight excluding hydrogens is 320 g/mol. The predicted octanol–water partition coefficient (Wildman–Crippen LogP) is 7.96. The fourth-order valence-corrected chi connectivity index (χ4v) is 3.76. The van der Waals surface area contributed by atoms with Gasteiger partial charge in [-0.1, -0.05) is 42.0 Å². The van der Waals surface area contributed by atoms with Crippen molar-refractivity contribution in [3.05, 3.63) is 56.4 Å². The summed E-state index contributed by atoms with van der Waals surface area (Å²) in [5.41, 5.74) is 2.70. The first-order valence-electron chi connectivity index (χ1n) is 7.13. The summed E-state index contributed by atoms with van der Waals surface area (Å²) >= 11 is 3.14. The minimum Gasteiger partial charge on any atom is -0.227 e. The van der Waals surface area contributed by atoms with Crippen molar-refractivity contribution in [3.63, 3.8) is 0 Å². The molecule has 2 aromatic heterocycles. The van der Waals surface area contributed by atoms with Gasteiger partial charge >= 0.3 is 0 Å². The highest BCUT2D eigenvalue weighted by Gasteiger charge is 2.14. The van der Waals surface area contributed by atoms with Crippen molar-refractivity contribution < 1.29 is 0 Å². The van der Waals surface area contributed by atoms with Crippen molar-refractivity contribution in [1.82, 2.24) is 0 Å². The molecule has 0 saturated carbocycles. The quantitative estimate of drug-likeness (QED) is 0.463. The topological polar surface area (TPSA) is 8.72 Å². The van der Waals surface area contributed by atoms with E-state index < -0.39 is 0 Å². The number of aryl methyl sites for hydroxylation is 1. The second-order valence-corrected chi connectivity index (χ2v) is 8.39. The van der Waals surface area contributed by atoms with Crippen LogP contribution in [0.5, 0.6) is 0 Å². The van der Waals surface area contributed by atoms with Crippen LogP contribution in [0.2, 0.25) is 0 Å². The molecule has 4 heteroatoms. The zero-order chi connectivity index (χ0) is 16.9. The molecule has 0 bridgehead atoms. The van der Waals surface area contributed by atoms with Gasteiger partial charge in [0.05, 0.1) is 13.1 Å². The van der Waals surface area contributed by atoms with Gasteiger partial charge in [-0.2, -0.15) is 22.7 Å². The average Bonchev–Trinajstić information content (AvgIpc) is 3.04. The first-order valence-corrected chi connectivity index (χ1v) is 8.83. The van der Waals surface area contributed by atoms with Crippen molar-refractivity contribution in [3.8, 4) is 0 Å². The highest BCUT2D eigenvalue weighted by atomic mass is 32.1. The highest BCUT2D eigenvalue weighted by Crippen LogP contribution is 2.34. The van der Waals surface area contributed by atoms with Crippen molar-refractivity contribution in [2.45, 2.75) is 60.3 Å². The monoisotopic (exact) mass is 346 g/mol. The van der Waals surface area contributed by atoms with E-state index in [1.165, 1.54) is 27.3 Å². The van der Waals surface area contributed by atoms with Gasteiger partial charge in [0.2, 0.25) is 10.0 Å². The van der Waals surface area contributed by atoms with E-state index in [4.69, 9.17) is 13.1 Å². The summed E-state index contributed by atoms with van der Waals surface area (Å²) in [4.78, 5) is 8.12. The normalized spacial score (nSPS) is 10.1. The van der Waals surface area contributed by atoms with Gasteiger partial charge in [0.15, 0.2) is 0 Å². The molecule has 0 fully saturated rings. The number of thiophene rings is 2. The number of rotatable bonds is 1. The van der Waals surface area contributed by atoms with Crippen LogP contribution in [0, 0.1) is 20.1 Å². The molecule has 0 aliphatic heterocycles. The van der Waals surface area contributed by atoms with Crippen molar-refractivity contribution in [1.29, 1.82) is 0 Å². The van der Waals surface area contributed by atoms with E-state index in [1.807, 2.05) is 12.1 Å². The van der Waals surface area contributed by atoms with Gasteiger partial charge in [-0.15, -0.1) is 0 Å². The third kappa shape index (κ3) is 6.18. The standard InChI is InChI=1S/2C9H11NS.CH4/c1-9(2,3)7-5-8(10-4)11-6-7;1-6(2)9-7(3)5-8(10-4)11-9;/h2*5-6H,1-3H3;1H4. The van der Waals surface area contributed by atoms with Crippen molar-refractivity contribution in [2.75, 3.05) is 0 Å². The van der Waals surface area contributed by atoms with Gasteiger partial charge in [0, 0.05) is 0 Å². The second-order valence-electron chi connectivity index (χ2n) is 6.43. The summed E-state index contributed by atoms with van der Waals surface area (Å²) in [5, 5.41) is 3.66. The summed E-state index contributed by atoms with van der Waals surface area (Å²) in [7, 11) is 0. The van der Waals surface area contributed by atoms with Gasteiger partial charge in [-0.25, -0.2) is 9.69 Å². The van der Waals surface area contributed by atoms with E-state index in [0.717, 1.165) is 10.0 Å². The number of hydrogen-bond acceptors (Lipinski definition) is 2. The first-order chi connectivity index (χ1) is 10.2. The maximum atomic E-state index is 6.83. The Kier molecular flexibility index (Phi) is 8.24. The predicted molar refractivity (Wildman–Crippen MR) is 105 cm³/mol. The largest absolute Gasteiger partial charge is 0.241 e. The Balaban J connectivity index is 0.000000403. The van der Waals surface area contributed by atoms with Crippen LogP contribution in [-0.4, -0.2) is 0 Å². The Morgan fingerprint density at radius 3 is 1.87 bits per heavy atom.